The fraction of sp³-hybridized carbons (Fsp3) is 0.593. The van der Waals surface area contributed by atoms with Gasteiger partial charge in [0.05, 0.1) is 12.0 Å². The molecule has 2 heterocycles. The second-order valence-corrected chi connectivity index (χ2v) is 9.77. The van der Waals surface area contributed by atoms with Gasteiger partial charge in [-0.2, -0.15) is 0 Å². The van der Waals surface area contributed by atoms with Crippen LogP contribution in [0.1, 0.15) is 63.6 Å². The summed E-state index contributed by atoms with van der Waals surface area (Å²) in [7, 11) is 2.10. The average Bonchev–Trinajstić information content (AvgIpc) is 3.27. The monoisotopic (exact) mass is 467 g/mol. The third-order valence-electron chi connectivity index (χ3n) is 6.69. The maximum absolute atomic E-state index is 13.2. The molecule has 2 amide bonds. The molecule has 1 aliphatic heterocycles. The lowest BCUT2D eigenvalue weighted by Gasteiger charge is -2.31. The number of likely N-dealkylation sites (tertiary alicyclic amines) is 1. The Kier molecular flexibility index (Phi) is 10.1. The van der Waals surface area contributed by atoms with Crippen LogP contribution >= 0.6 is 0 Å². The van der Waals surface area contributed by atoms with E-state index < -0.39 is 6.04 Å². The highest BCUT2D eigenvalue weighted by atomic mass is 16.2. The molecule has 0 aliphatic carbocycles. The van der Waals surface area contributed by atoms with Gasteiger partial charge in [-0.3, -0.25) is 9.59 Å². The molecule has 1 saturated heterocycles. The predicted molar refractivity (Wildman–Crippen MR) is 135 cm³/mol. The summed E-state index contributed by atoms with van der Waals surface area (Å²) >= 11 is 0. The van der Waals surface area contributed by atoms with Gasteiger partial charge in [0, 0.05) is 31.1 Å². The fourth-order valence-corrected chi connectivity index (χ4v) is 4.41. The zero-order valence-corrected chi connectivity index (χ0v) is 21.0. The molecule has 34 heavy (non-hydrogen) atoms. The van der Waals surface area contributed by atoms with E-state index in [1.54, 1.807) is 6.33 Å². The number of aromatic nitrogens is 2. The molecular formula is C27H41N5O2. The number of hydrogen-bond acceptors (Lipinski definition) is 4. The highest BCUT2D eigenvalue weighted by Gasteiger charge is 2.27. The summed E-state index contributed by atoms with van der Waals surface area (Å²) in [6.07, 6.45) is 10.1. The van der Waals surface area contributed by atoms with Gasteiger partial charge in [0.1, 0.15) is 6.04 Å². The maximum atomic E-state index is 13.2. The topological polar surface area (TPSA) is 79.3 Å². The number of piperidine rings is 1. The number of nitrogens with one attached hydrogen (secondary N) is 2. The van der Waals surface area contributed by atoms with Crippen LogP contribution in [0.15, 0.2) is 42.9 Å². The summed E-state index contributed by atoms with van der Waals surface area (Å²) < 4.78 is 2.02. The molecule has 0 spiro atoms. The summed E-state index contributed by atoms with van der Waals surface area (Å²) in [5.41, 5.74) is 2.00. The van der Waals surface area contributed by atoms with Gasteiger partial charge in [-0.1, -0.05) is 63.4 Å². The van der Waals surface area contributed by atoms with Crippen molar-refractivity contribution in [2.45, 2.75) is 77.4 Å². The molecule has 7 nitrogen and oxygen atoms in total. The van der Waals surface area contributed by atoms with Crippen molar-refractivity contribution in [2.75, 3.05) is 20.1 Å². The van der Waals surface area contributed by atoms with Crippen LogP contribution in [0, 0.1) is 5.92 Å². The quantitative estimate of drug-likeness (QED) is 0.469. The SMILES string of the molecule is CCCCCC(C)C(=O)NC(Cc1cn(Cc2ccccc2)cn1)C(=O)NC1CCN(C)CC1. The Morgan fingerprint density at radius 1 is 1.12 bits per heavy atom. The van der Waals surface area contributed by atoms with Crippen LogP contribution < -0.4 is 10.6 Å². The number of carbonyl (C=O) groups excluding carboxylic acids is 2. The van der Waals surface area contributed by atoms with E-state index in [9.17, 15) is 9.59 Å². The fourth-order valence-electron chi connectivity index (χ4n) is 4.41. The number of carbonyl (C=O) groups is 2. The first-order valence-electron chi connectivity index (χ1n) is 12.8. The van der Waals surface area contributed by atoms with Gasteiger partial charge in [-0.15, -0.1) is 0 Å². The molecule has 2 atom stereocenters. The second kappa shape index (κ2) is 13.3. The Morgan fingerprint density at radius 3 is 2.56 bits per heavy atom. The Balaban J connectivity index is 1.64. The molecule has 7 heteroatoms. The molecule has 1 aromatic carbocycles. The zero-order valence-electron chi connectivity index (χ0n) is 21.0. The van der Waals surface area contributed by atoms with Crippen LogP contribution in [0.3, 0.4) is 0 Å². The van der Waals surface area contributed by atoms with Gasteiger partial charge in [0.2, 0.25) is 11.8 Å². The number of rotatable bonds is 12. The number of unbranched alkanes of at least 4 members (excludes halogenated alkanes) is 2. The van der Waals surface area contributed by atoms with Crippen molar-refractivity contribution in [2.24, 2.45) is 5.92 Å². The molecule has 0 radical (unpaired) electrons. The Labute approximate surface area is 204 Å². The molecular weight excluding hydrogens is 426 g/mol. The Morgan fingerprint density at radius 2 is 1.85 bits per heavy atom. The second-order valence-electron chi connectivity index (χ2n) is 9.77. The zero-order chi connectivity index (χ0) is 24.3. The molecule has 0 bridgehead atoms. The average molecular weight is 468 g/mol. The van der Waals surface area contributed by atoms with Crippen LogP contribution in [0.2, 0.25) is 0 Å². The van der Waals surface area contributed by atoms with Crippen LogP contribution in [0.5, 0.6) is 0 Å². The first-order valence-corrected chi connectivity index (χ1v) is 12.8. The van der Waals surface area contributed by atoms with E-state index in [-0.39, 0.29) is 23.8 Å². The number of imidazole rings is 1. The van der Waals surface area contributed by atoms with E-state index in [0.29, 0.717) is 6.42 Å². The summed E-state index contributed by atoms with van der Waals surface area (Å²) in [5.74, 6) is -0.273. The molecule has 2 aromatic rings. The highest BCUT2D eigenvalue weighted by molar-refractivity contribution is 5.88. The number of nitrogens with zero attached hydrogens (tertiary/aromatic N) is 3. The molecule has 2 unspecified atom stereocenters. The predicted octanol–water partition coefficient (Wildman–Crippen LogP) is 3.39. The van der Waals surface area contributed by atoms with E-state index in [2.05, 4.69) is 46.6 Å². The van der Waals surface area contributed by atoms with Gasteiger partial charge in [-0.25, -0.2) is 4.98 Å². The van der Waals surface area contributed by atoms with Crippen molar-refractivity contribution in [3.05, 3.63) is 54.1 Å². The Hall–Kier alpha value is -2.67. The smallest absolute Gasteiger partial charge is 0.243 e. The standard InChI is InChI=1S/C27H41N5O2/c1-4-5-7-10-21(2)26(33)30-25(27(34)29-23-13-15-31(3)16-14-23)17-24-19-32(20-28-24)18-22-11-8-6-9-12-22/h6,8-9,11-12,19-21,23,25H,4-5,7,10,13-18H2,1-3H3,(H,29,34)(H,30,33). The van der Waals surface area contributed by atoms with Crippen molar-refractivity contribution in [3.63, 3.8) is 0 Å². The molecule has 1 aromatic heterocycles. The lowest BCUT2D eigenvalue weighted by molar-refractivity contribution is -0.131. The highest BCUT2D eigenvalue weighted by Crippen LogP contribution is 2.13. The van der Waals surface area contributed by atoms with Crippen LogP contribution in [-0.2, 0) is 22.6 Å². The van der Waals surface area contributed by atoms with Gasteiger partial charge >= 0.3 is 0 Å². The summed E-state index contributed by atoms with van der Waals surface area (Å²) in [5, 5.41) is 6.23. The van der Waals surface area contributed by atoms with E-state index >= 15 is 0 Å². The minimum atomic E-state index is -0.624. The van der Waals surface area contributed by atoms with E-state index in [0.717, 1.165) is 63.9 Å². The summed E-state index contributed by atoms with van der Waals surface area (Å²) in [6, 6.07) is 9.74. The van der Waals surface area contributed by atoms with Crippen LogP contribution in [0.4, 0.5) is 0 Å². The van der Waals surface area contributed by atoms with Gasteiger partial charge < -0.3 is 20.1 Å². The van der Waals surface area contributed by atoms with Gasteiger partial charge in [0.25, 0.3) is 0 Å². The van der Waals surface area contributed by atoms with Gasteiger partial charge in [-0.05, 0) is 45.0 Å². The first kappa shape index (κ1) is 25.9. The molecule has 1 aliphatic rings. The third-order valence-corrected chi connectivity index (χ3v) is 6.69. The lowest BCUT2D eigenvalue weighted by Crippen LogP contribution is -2.53. The van der Waals surface area contributed by atoms with Crippen molar-refractivity contribution < 1.29 is 9.59 Å². The number of benzene rings is 1. The third kappa shape index (κ3) is 8.28. The van der Waals surface area contributed by atoms with E-state index in [1.807, 2.05) is 35.9 Å². The van der Waals surface area contributed by atoms with Crippen molar-refractivity contribution in [3.8, 4) is 0 Å². The maximum Gasteiger partial charge on any atom is 0.243 e. The number of hydrogen-bond donors (Lipinski definition) is 2. The lowest BCUT2D eigenvalue weighted by atomic mass is 10.0. The van der Waals surface area contributed by atoms with Gasteiger partial charge in [0.15, 0.2) is 0 Å². The first-order chi connectivity index (χ1) is 16.4. The Bertz CT molecular complexity index is 889. The molecule has 186 valence electrons. The van der Waals surface area contributed by atoms with Crippen molar-refractivity contribution in [1.82, 2.24) is 25.1 Å². The molecule has 1 fully saturated rings. The molecule has 0 saturated carbocycles. The molecule has 2 N–H and O–H groups in total. The minimum absolute atomic E-state index is 0.0525. The van der Waals surface area contributed by atoms with E-state index in [4.69, 9.17) is 0 Å². The van der Waals surface area contributed by atoms with Crippen LogP contribution in [-0.4, -0.2) is 58.5 Å². The minimum Gasteiger partial charge on any atom is -0.351 e. The van der Waals surface area contributed by atoms with Crippen molar-refractivity contribution >= 4 is 11.8 Å². The summed E-state index contributed by atoms with van der Waals surface area (Å²) in [6.45, 7) is 6.78. The molecule has 3 rings (SSSR count). The number of amides is 2. The summed E-state index contributed by atoms with van der Waals surface area (Å²) in [4.78, 5) is 32.9. The normalized spacial score (nSPS) is 16.7. The van der Waals surface area contributed by atoms with Crippen LogP contribution in [0.25, 0.3) is 0 Å². The largest absolute Gasteiger partial charge is 0.351 e. The van der Waals surface area contributed by atoms with E-state index in [1.165, 1.54) is 5.56 Å². The van der Waals surface area contributed by atoms with Crippen molar-refractivity contribution in [1.29, 1.82) is 0 Å².